The van der Waals surface area contributed by atoms with Crippen molar-refractivity contribution in [1.82, 2.24) is 14.2 Å². The lowest BCUT2D eigenvalue weighted by Crippen LogP contribution is -2.52. The maximum Gasteiger partial charge on any atom is 0.238 e. The molecule has 8 heteroatoms. The smallest absolute Gasteiger partial charge is 0.238 e. The fourth-order valence-corrected chi connectivity index (χ4v) is 3.97. The van der Waals surface area contributed by atoms with Gasteiger partial charge in [0.15, 0.2) is 0 Å². The number of carbonyl (C=O) groups is 1. The summed E-state index contributed by atoms with van der Waals surface area (Å²) in [6.45, 7) is -0.0955. The van der Waals surface area contributed by atoms with Crippen molar-refractivity contribution in [2.75, 3.05) is 19.8 Å². The molecular formula is C16H23N3O4S. The van der Waals surface area contributed by atoms with Crippen molar-refractivity contribution in [3.63, 3.8) is 0 Å². The minimum Gasteiger partial charge on any atom is -0.490 e. The highest BCUT2D eigenvalue weighted by molar-refractivity contribution is 7.88. The first-order valence-corrected chi connectivity index (χ1v) is 9.98. The molecule has 1 amide bonds. The number of likely N-dealkylation sites (N-methyl/N-ethyl adjacent to an activating group) is 1. The number of hydrogen-bond acceptors (Lipinski definition) is 5. The quantitative estimate of drug-likeness (QED) is 0.785. The van der Waals surface area contributed by atoms with Crippen LogP contribution in [0.1, 0.15) is 25.7 Å². The number of pyridine rings is 1. The van der Waals surface area contributed by atoms with Crippen molar-refractivity contribution in [2.45, 2.75) is 43.9 Å². The third-order valence-corrected chi connectivity index (χ3v) is 6.12. The molecule has 0 N–H and O–H groups in total. The molecule has 2 bridgehead atoms. The number of hydrogen-bond donors (Lipinski definition) is 0. The molecule has 2 atom stereocenters. The van der Waals surface area contributed by atoms with Crippen LogP contribution in [0.25, 0.3) is 0 Å². The first-order chi connectivity index (χ1) is 11.3. The van der Waals surface area contributed by atoms with Crippen LogP contribution in [0.2, 0.25) is 0 Å². The topological polar surface area (TPSA) is 79.8 Å². The molecule has 3 rings (SSSR count). The van der Waals surface area contributed by atoms with E-state index in [0.29, 0.717) is 0 Å². The van der Waals surface area contributed by atoms with Crippen molar-refractivity contribution in [3.8, 4) is 5.75 Å². The number of sulfonamides is 1. The number of nitrogens with zero attached hydrogens (tertiary/aromatic N) is 3. The molecule has 0 aliphatic carbocycles. The Kier molecular flexibility index (Phi) is 4.78. The highest BCUT2D eigenvalue weighted by Crippen LogP contribution is 2.37. The van der Waals surface area contributed by atoms with Gasteiger partial charge in [-0.1, -0.05) is 0 Å². The molecule has 132 valence electrons. The lowest BCUT2D eigenvalue weighted by molar-refractivity contribution is -0.137. The van der Waals surface area contributed by atoms with Gasteiger partial charge in [0.05, 0.1) is 12.8 Å². The monoisotopic (exact) mass is 353 g/mol. The molecule has 3 heterocycles. The summed E-state index contributed by atoms with van der Waals surface area (Å²) in [4.78, 5) is 18.4. The van der Waals surface area contributed by atoms with E-state index in [0.717, 1.165) is 42.0 Å². The summed E-state index contributed by atoms with van der Waals surface area (Å²) < 4.78 is 30.1. The predicted molar refractivity (Wildman–Crippen MR) is 89.0 cm³/mol. The molecule has 0 spiro atoms. The van der Waals surface area contributed by atoms with Crippen LogP contribution >= 0.6 is 0 Å². The molecule has 1 aromatic heterocycles. The molecular weight excluding hydrogens is 330 g/mol. The van der Waals surface area contributed by atoms with Crippen molar-refractivity contribution in [3.05, 3.63) is 24.5 Å². The molecule has 2 fully saturated rings. The maximum atomic E-state index is 12.6. The zero-order chi connectivity index (χ0) is 17.3. The number of ether oxygens (including phenoxy) is 1. The Labute approximate surface area is 142 Å². The van der Waals surface area contributed by atoms with Crippen LogP contribution < -0.4 is 4.74 Å². The highest BCUT2D eigenvalue weighted by atomic mass is 32.2. The molecule has 24 heavy (non-hydrogen) atoms. The zero-order valence-electron chi connectivity index (χ0n) is 14.0. The molecule has 0 saturated carbocycles. The molecule has 2 saturated heterocycles. The van der Waals surface area contributed by atoms with E-state index in [1.807, 2.05) is 17.0 Å². The normalized spacial score (nSPS) is 26.6. The van der Waals surface area contributed by atoms with E-state index in [-0.39, 0.29) is 30.6 Å². The fourth-order valence-electron chi connectivity index (χ4n) is 3.63. The highest BCUT2D eigenvalue weighted by Gasteiger charge is 2.44. The molecule has 0 aromatic carbocycles. The molecule has 2 unspecified atom stereocenters. The van der Waals surface area contributed by atoms with Crippen molar-refractivity contribution >= 4 is 15.9 Å². The average Bonchev–Trinajstić information content (AvgIpc) is 2.79. The van der Waals surface area contributed by atoms with E-state index in [4.69, 9.17) is 4.74 Å². The Morgan fingerprint density at radius 2 is 1.88 bits per heavy atom. The first kappa shape index (κ1) is 17.2. The van der Waals surface area contributed by atoms with Gasteiger partial charge in [0.25, 0.3) is 0 Å². The second-order valence-corrected chi connectivity index (χ2v) is 8.69. The van der Waals surface area contributed by atoms with Crippen LogP contribution in [-0.4, -0.2) is 66.5 Å². The van der Waals surface area contributed by atoms with Gasteiger partial charge in [0.1, 0.15) is 11.9 Å². The van der Waals surface area contributed by atoms with E-state index < -0.39 is 10.0 Å². The Bertz CT molecular complexity index is 681. The van der Waals surface area contributed by atoms with Crippen LogP contribution in [0.5, 0.6) is 5.75 Å². The Balaban J connectivity index is 1.62. The maximum absolute atomic E-state index is 12.6. The van der Waals surface area contributed by atoms with Gasteiger partial charge in [0.2, 0.25) is 15.9 Å². The van der Waals surface area contributed by atoms with Crippen LogP contribution in [0.4, 0.5) is 0 Å². The van der Waals surface area contributed by atoms with Crippen LogP contribution in [0, 0.1) is 0 Å². The largest absolute Gasteiger partial charge is 0.490 e. The number of carbonyl (C=O) groups excluding carboxylic acids is 1. The van der Waals surface area contributed by atoms with E-state index in [9.17, 15) is 13.2 Å². The van der Waals surface area contributed by atoms with Gasteiger partial charge in [-0.3, -0.25) is 9.78 Å². The average molecular weight is 353 g/mol. The summed E-state index contributed by atoms with van der Waals surface area (Å²) in [6, 6.07) is 3.94. The van der Waals surface area contributed by atoms with Crippen molar-refractivity contribution in [2.24, 2.45) is 0 Å². The Hall–Kier alpha value is -1.67. The Morgan fingerprint density at radius 1 is 1.29 bits per heavy atom. The molecule has 1 aromatic rings. The van der Waals surface area contributed by atoms with E-state index in [2.05, 4.69) is 4.98 Å². The summed E-state index contributed by atoms with van der Waals surface area (Å²) in [5.74, 6) is 0.684. The third kappa shape index (κ3) is 3.70. The first-order valence-electron chi connectivity index (χ1n) is 8.14. The number of amides is 1. The minimum atomic E-state index is -3.35. The van der Waals surface area contributed by atoms with E-state index in [1.54, 1.807) is 12.4 Å². The third-order valence-electron chi connectivity index (χ3n) is 4.85. The van der Waals surface area contributed by atoms with Gasteiger partial charge >= 0.3 is 0 Å². The van der Waals surface area contributed by atoms with Gasteiger partial charge in [-0.15, -0.1) is 0 Å². The second kappa shape index (κ2) is 6.68. The summed E-state index contributed by atoms with van der Waals surface area (Å²) in [5.41, 5.74) is 0. The number of piperidine rings is 1. The Morgan fingerprint density at radius 3 is 2.42 bits per heavy atom. The van der Waals surface area contributed by atoms with E-state index >= 15 is 0 Å². The summed E-state index contributed by atoms with van der Waals surface area (Å²) in [5, 5.41) is 0. The van der Waals surface area contributed by atoms with Gasteiger partial charge in [-0.25, -0.2) is 8.42 Å². The zero-order valence-corrected chi connectivity index (χ0v) is 14.8. The van der Waals surface area contributed by atoms with Crippen LogP contribution in [-0.2, 0) is 14.8 Å². The lowest BCUT2D eigenvalue weighted by Gasteiger charge is -2.39. The number of fused-ring (bicyclic) bond motifs is 2. The molecule has 0 radical (unpaired) electrons. The summed E-state index contributed by atoms with van der Waals surface area (Å²) in [7, 11) is -1.91. The standard InChI is InChI=1S/C16H23N3O4S/c1-18(24(2,21)22)11-16(20)19-12-3-4-13(19)10-15(9-12)23-14-5-7-17-8-6-14/h5-8,12-13,15H,3-4,9-11H2,1-2H3. The van der Waals surface area contributed by atoms with Gasteiger partial charge in [-0.05, 0) is 25.0 Å². The van der Waals surface area contributed by atoms with Gasteiger partial charge in [0, 0.05) is 44.4 Å². The second-order valence-electron chi connectivity index (χ2n) is 6.60. The molecule has 2 aliphatic rings. The fraction of sp³-hybridized carbons (Fsp3) is 0.625. The SMILES string of the molecule is CN(CC(=O)N1C2CCC1CC(Oc1ccncc1)C2)S(C)(=O)=O. The van der Waals surface area contributed by atoms with Gasteiger partial charge < -0.3 is 9.64 Å². The van der Waals surface area contributed by atoms with Gasteiger partial charge in [-0.2, -0.15) is 4.31 Å². The number of rotatable bonds is 5. The van der Waals surface area contributed by atoms with Crippen LogP contribution in [0.3, 0.4) is 0 Å². The summed E-state index contributed by atoms with van der Waals surface area (Å²) >= 11 is 0. The lowest BCUT2D eigenvalue weighted by atomic mass is 9.99. The molecule has 7 nitrogen and oxygen atoms in total. The summed E-state index contributed by atoms with van der Waals surface area (Å²) in [6.07, 6.45) is 8.07. The van der Waals surface area contributed by atoms with E-state index in [1.165, 1.54) is 7.05 Å². The predicted octanol–water partition coefficient (Wildman–Crippen LogP) is 0.874. The number of aromatic nitrogens is 1. The van der Waals surface area contributed by atoms with Crippen molar-refractivity contribution in [1.29, 1.82) is 0 Å². The minimum absolute atomic E-state index is 0.0848. The van der Waals surface area contributed by atoms with Crippen molar-refractivity contribution < 1.29 is 17.9 Å². The molecule has 2 aliphatic heterocycles. The van der Waals surface area contributed by atoms with Crippen LogP contribution in [0.15, 0.2) is 24.5 Å².